The highest BCUT2D eigenvalue weighted by molar-refractivity contribution is 9.10. The van der Waals surface area contributed by atoms with Crippen LogP contribution in [0.25, 0.3) is 16.9 Å². The molecule has 0 aliphatic rings. The second kappa shape index (κ2) is 9.11. The Morgan fingerprint density at radius 2 is 1.94 bits per heavy atom. The maximum atomic E-state index is 13.2. The summed E-state index contributed by atoms with van der Waals surface area (Å²) in [5.74, 6) is 1.48. The molecule has 3 aromatic heterocycles. The number of aryl methyl sites for hydroxylation is 3. The fraction of sp³-hybridized carbons (Fsp3) is 0.292. The van der Waals surface area contributed by atoms with E-state index in [-0.39, 0.29) is 22.5 Å². The Morgan fingerprint density at radius 3 is 2.62 bits per heavy atom. The zero-order valence-electron chi connectivity index (χ0n) is 19.5. The van der Waals surface area contributed by atoms with Gasteiger partial charge in [-0.3, -0.25) is 9.36 Å². The summed E-state index contributed by atoms with van der Waals surface area (Å²) in [6.07, 6.45) is 3.18. The van der Waals surface area contributed by atoms with Crippen LogP contribution >= 0.6 is 15.9 Å². The molecular formula is C24H24BrN5O4. The Kier molecular flexibility index (Phi) is 6.37. The summed E-state index contributed by atoms with van der Waals surface area (Å²) >= 11 is 3.33. The van der Waals surface area contributed by atoms with E-state index in [0.717, 1.165) is 11.1 Å². The molecular weight excluding hydrogens is 502 g/mol. The van der Waals surface area contributed by atoms with Crippen molar-refractivity contribution in [2.24, 2.45) is 0 Å². The van der Waals surface area contributed by atoms with E-state index in [9.17, 15) is 9.90 Å². The fourth-order valence-corrected chi connectivity index (χ4v) is 3.80. The molecule has 0 saturated heterocycles. The first-order chi connectivity index (χ1) is 16.0. The Balaban J connectivity index is 1.72. The molecule has 0 fully saturated rings. The molecule has 4 rings (SSSR count). The van der Waals surface area contributed by atoms with E-state index in [1.54, 1.807) is 33.9 Å². The van der Waals surface area contributed by atoms with Gasteiger partial charge in [0.1, 0.15) is 34.5 Å². The van der Waals surface area contributed by atoms with Gasteiger partial charge in [-0.05, 0) is 61.3 Å². The van der Waals surface area contributed by atoms with E-state index in [4.69, 9.17) is 9.15 Å². The molecule has 1 aromatic carbocycles. The topological polar surface area (TPSA) is 116 Å². The first-order valence-electron chi connectivity index (χ1n) is 10.5. The predicted molar refractivity (Wildman–Crippen MR) is 129 cm³/mol. The zero-order valence-corrected chi connectivity index (χ0v) is 21.0. The van der Waals surface area contributed by atoms with Crippen LogP contribution in [0.3, 0.4) is 0 Å². The molecule has 0 saturated carbocycles. The fourth-order valence-electron chi connectivity index (χ4n) is 3.42. The third kappa shape index (κ3) is 4.78. The molecule has 34 heavy (non-hydrogen) atoms. The predicted octanol–water partition coefficient (Wildman–Crippen LogP) is 4.17. The highest BCUT2D eigenvalue weighted by atomic mass is 79.9. The maximum absolute atomic E-state index is 13.2. The lowest BCUT2D eigenvalue weighted by Crippen LogP contribution is -2.24. The normalized spacial score (nSPS) is 11.6. The summed E-state index contributed by atoms with van der Waals surface area (Å²) in [7, 11) is 0. The van der Waals surface area contributed by atoms with Gasteiger partial charge in [-0.2, -0.15) is 4.98 Å². The lowest BCUT2D eigenvalue weighted by molar-refractivity contribution is 0.0688. The van der Waals surface area contributed by atoms with Crippen LogP contribution in [0.4, 0.5) is 0 Å². The standard InChI is InChI=1S/C24H24BrN5O4/c1-13-10-26-23(24(4,5)32)29-20(13)16-7-6-8-18(9-16)30-14(2)27-21(19(25)22(30)31)34-12-17-11-33-15(3)28-17/h6-11,32H,12H2,1-5H3. The Hall–Kier alpha value is -3.37. The number of hydrogen-bond acceptors (Lipinski definition) is 8. The summed E-state index contributed by atoms with van der Waals surface area (Å²) in [6, 6.07) is 7.41. The summed E-state index contributed by atoms with van der Waals surface area (Å²) < 4.78 is 12.6. The molecule has 0 atom stereocenters. The molecule has 176 valence electrons. The van der Waals surface area contributed by atoms with Gasteiger partial charge in [0.25, 0.3) is 5.56 Å². The highest BCUT2D eigenvalue weighted by Gasteiger charge is 2.22. The number of benzene rings is 1. The van der Waals surface area contributed by atoms with Crippen LogP contribution < -0.4 is 10.3 Å². The van der Waals surface area contributed by atoms with Crippen LogP contribution in [-0.4, -0.2) is 29.6 Å². The highest BCUT2D eigenvalue weighted by Crippen LogP contribution is 2.27. The van der Waals surface area contributed by atoms with Gasteiger partial charge in [-0.15, -0.1) is 0 Å². The average molecular weight is 526 g/mol. The van der Waals surface area contributed by atoms with Crippen molar-refractivity contribution in [3.05, 3.63) is 80.3 Å². The van der Waals surface area contributed by atoms with Crippen molar-refractivity contribution in [2.75, 3.05) is 0 Å². The zero-order chi connectivity index (χ0) is 24.6. The van der Waals surface area contributed by atoms with Crippen LogP contribution in [0.15, 0.2) is 50.4 Å². The minimum Gasteiger partial charge on any atom is -0.470 e. The van der Waals surface area contributed by atoms with Crippen LogP contribution in [0.2, 0.25) is 0 Å². The van der Waals surface area contributed by atoms with Gasteiger partial charge < -0.3 is 14.3 Å². The smallest absolute Gasteiger partial charge is 0.276 e. The number of aromatic nitrogens is 5. The molecule has 10 heteroatoms. The molecule has 4 aromatic rings. The summed E-state index contributed by atoms with van der Waals surface area (Å²) in [5.41, 5.74) is 2.04. The number of aliphatic hydroxyl groups is 1. The maximum Gasteiger partial charge on any atom is 0.276 e. The molecule has 0 radical (unpaired) electrons. The van der Waals surface area contributed by atoms with Gasteiger partial charge in [-0.25, -0.2) is 15.0 Å². The molecule has 0 aliphatic heterocycles. The molecule has 3 heterocycles. The van der Waals surface area contributed by atoms with Crippen molar-refractivity contribution in [1.29, 1.82) is 0 Å². The van der Waals surface area contributed by atoms with Crippen LogP contribution in [0, 0.1) is 20.8 Å². The molecule has 9 nitrogen and oxygen atoms in total. The van der Waals surface area contributed by atoms with E-state index >= 15 is 0 Å². The average Bonchev–Trinajstić information content (AvgIpc) is 3.20. The number of ether oxygens (including phenoxy) is 1. The Bertz CT molecular complexity index is 1420. The summed E-state index contributed by atoms with van der Waals surface area (Å²) in [5, 5.41) is 10.3. The minimum atomic E-state index is -1.18. The number of rotatable bonds is 6. The monoisotopic (exact) mass is 525 g/mol. The minimum absolute atomic E-state index is 0.123. The van der Waals surface area contributed by atoms with Crippen molar-refractivity contribution >= 4 is 15.9 Å². The van der Waals surface area contributed by atoms with Crippen LogP contribution in [0.5, 0.6) is 5.88 Å². The van der Waals surface area contributed by atoms with Crippen molar-refractivity contribution < 1.29 is 14.3 Å². The summed E-state index contributed by atoms with van der Waals surface area (Å²) in [4.78, 5) is 30.7. The number of oxazole rings is 1. The van der Waals surface area contributed by atoms with E-state index in [1.165, 1.54) is 10.8 Å². The first kappa shape index (κ1) is 23.8. The third-order valence-electron chi connectivity index (χ3n) is 5.09. The first-order valence-corrected chi connectivity index (χ1v) is 11.3. The molecule has 0 unspecified atom stereocenters. The van der Waals surface area contributed by atoms with Gasteiger partial charge in [0, 0.05) is 18.7 Å². The number of nitrogens with zero attached hydrogens (tertiary/aromatic N) is 5. The lowest BCUT2D eigenvalue weighted by Gasteiger charge is -2.18. The van der Waals surface area contributed by atoms with E-state index in [1.807, 2.05) is 31.2 Å². The molecule has 1 N–H and O–H groups in total. The number of hydrogen-bond donors (Lipinski definition) is 1. The molecule has 0 aliphatic carbocycles. The van der Waals surface area contributed by atoms with Gasteiger partial charge in [0.15, 0.2) is 11.7 Å². The second-order valence-electron chi connectivity index (χ2n) is 8.40. The van der Waals surface area contributed by atoms with Crippen molar-refractivity contribution in [3.8, 4) is 22.8 Å². The van der Waals surface area contributed by atoms with Crippen molar-refractivity contribution in [1.82, 2.24) is 24.5 Å². The Morgan fingerprint density at radius 1 is 1.18 bits per heavy atom. The number of halogens is 1. The van der Waals surface area contributed by atoms with Gasteiger partial charge >= 0.3 is 0 Å². The van der Waals surface area contributed by atoms with Crippen LogP contribution in [-0.2, 0) is 12.2 Å². The third-order valence-corrected chi connectivity index (χ3v) is 5.76. The lowest BCUT2D eigenvalue weighted by atomic mass is 10.0. The SMILES string of the molecule is Cc1nc(COc2nc(C)n(-c3cccc(-c4nc(C(C)(C)O)ncc4C)c3)c(=O)c2Br)co1. The molecule has 0 bridgehead atoms. The summed E-state index contributed by atoms with van der Waals surface area (Å²) in [6.45, 7) is 8.77. The van der Waals surface area contributed by atoms with E-state index < -0.39 is 5.60 Å². The van der Waals surface area contributed by atoms with Crippen LogP contribution in [0.1, 0.15) is 42.6 Å². The van der Waals surface area contributed by atoms with Crippen molar-refractivity contribution in [3.63, 3.8) is 0 Å². The van der Waals surface area contributed by atoms with Gasteiger partial charge in [0.05, 0.1) is 11.4 Å². The largest absolute Gasteiger partial charge is 0.470 e. The van der Waals surface area contributed by atoms with Gasteiger partial charge in [0.2, 0.25) is 5.88 Å². The van der Waals surface area contributed by atoms with Crippen molar-refractivity contribution in [2.45, 2.75) is 46.8 Å². The van der Waals surface area contributed by atoms with Gasteiger partial charge in [-0.1, -0.05) is 12.1 Å². The molecule has 0 spiro atoms. The quantitative estimate of drug-likeness (QED) is 0.398. The molecule has 0 amide bonds. The van der Waals surface area contributed by atoms with E-state index in [2.05, 4.69) is 35.9 Å². The van der Waals surface area contributed by atoms with E-state index in [0.29, 0.717) is 34.6 Å². The second-order valence-corrected chi connectivity index (χ2v) is 9.19. The Labute approximate surface area is 204 Å².